The highest BCUT2D eigenvalue weighted by Gasteiger charge is 2.20. The zero-order valence-electron chi connectivity index (χ0n) is 12.8. The monoisotopic (exact) mass is 313 g/mol. The van der Waals surface area contributed by atoms with Gasteiger partial charge in [0.25, 0.3) is 0 Å². The van der Waals surface area contributed by atoms with E-state index in [-0.39, 0.29) is 5.69 Å². The van der Waals surface area contributed by atoms with Crippen LogP contribution in [-0.2, 0) is 0 Å². The Morgan fingerprint density at radius 2 is 1.87 bits per heavy atom. The van der Waals surface area contributed by atoms with Crippen molar-refractivity contribution in [3.05, 3.63) is 53.1 Å². The maximum absolute atomic E-state index is 11.0. The van der Waals surface area contributed by atoms with Gasteiger partial charge in [-0.25, -0.2) is 0 Å². The van der Waals surface area contributed by atoms with E-state index < -0.39 is 4.92 Å². The first kappa shape index (κ1) is 15.2. The van der Waals surface area contributed by atoms with Crippen LogP contribution in [0.3, 0.4) is 0 Å². The van der Waals surface area contributed by atoms with Gasteiger partial charge in [0, 0.05) is 43.9 Å². The topological polar surface area (TPSA) is 84.2 Å². The van der Waals surface area contributed by atoms with Gasteiger partial charge in [0.2, 0.25) is 0 Å². The second-order valence-corrected chi connectivity index (χ2v) is 5.67. The molecule has 1 aliphatic heterocycles. The van der Waals surface area contributed by atoms with E-state index in [4.69, 9.17) is 0 Å². The SMILES string of the molecule is O=[N+]([O-])c1cnccc1NCC1CCN(c2ccncc2)CC1. The highest BCUT2D eigenvalue weighted by molar-refractivity contribution is 5.59. The third-order valence-corrected chi connectivity index (χ3v) is 4.22. The molecule has 2 aromatic heterocycles. The Morgan fingerprint density at radius 1 is 1.17 bits per heavy atom. The summed E-state index contributed by atoms with van der Waals surface area (Å²) in [5, 5.41) is 14.2. The zero-order chi connectivity index (χ0) is 16.1. The number of rotatable bonds is 5. The van der Waals surface area contributed by atoms with Gasteiger partial charge >= 0.3 is 5.69 Å². The molecule has 23 heavy (non-hydrogen) atoms. The fourth-order valence-corrected chi connectivity index (χ4v) is 2.89. The van der Waals surface area contributed by atoms with Crippen LogP contribution < -0.4 is 10.2 Å². The van der Waals surface area contributed by atoms with E-state index in [0.29, 0.717) is 11.6 Å². The van der Waals surface area contributed by atoms with Gasteiger partial charge in [0.15, 0.2) is 0 Å². The molecule has 7 heteroatoms. The van der Waals surface area contributed by atoms with Crippen molar-refractivity contribution >= 4 is 17.1 Å². The van der Waals surface area contributed by atoms with Gasteiger partial charge in [0.1, 0.15) is 11.9 Å². The third kappa shape index (κ3) is 3.74. The molecule has 0 unspecified atom stereocenters. The van der Waals surface area contributed by atoms with Crippen LogP contribution in [-0.4, -0.2) is 34.5 Å². The van der Waals surface area contributed by atoms with Crippen molar-refractivity contribution in [3.63, 3.8) is 0 Å². The molecule has 3 heterocycles. The van der Waals surface area contributed by atoms with E-state index in [1.165, 1.54) is 11.9 Å². The fourth-order valence-electron chi connectivity index (χ4n) is 2.89. The number of nitrogens with zero attached hydrogens (tertiary/aromatic N) is 4. The van der Waals surface area contributed by atoms with Crippen LogP contribution >= 0.6 is 0 Å². The third-order valence-electron chi connectivity index (χ3n) is 4.22. The van der Waals surface area contributed by atoms with Crippen molar-refractivity contribution < 1.29 is 4.92 Å². The number of pyridine rings is 2. The van der Waals surface area contributed by atoms with Crippen LogP contribution in [0.15, 0.2) is 43.0 Å². The number of nitrogens with one attached hydrogen (secondary N) is 1. The molecule has 1 N–H and O–H groups in total. The number of hydrogen-bond acceptors (Lipinski definition) is 6. The summed E-state index contributed by atoms with van der Waals surface area (Å²) in [6, 6.07) is 5.71. The summed E-state index contributed by atoms with van der Waals surface area (Å²) in [7, 11) is 0. The molecule has 1 saturated heterocycles. The Kier molecular flexibility index (Phi) is 4.65. The van der Waals surface area contributed by atoms with E-state index in [9.17, 15) is 10.1 Å². The second-order valence-electron chi connectivity index (χ2n) is 5.67. The molecular weight excluding hydrogens is 294 g/mol. The zero-order valence-corrected chi connectivity index (χ0v) is 12.8. The van der Waals surface area contributed by atoms with Gasteiger partial charge in [-0.2, -0.15) is 0 Å². The molecule has 0 bridgehead atoms. The molecule has 120 valence electrons. The number of piperidine rings is 1. The molecule has 0 aromatic carbocycles. The molecule has 0 spiro atoms. The Morgan fingerprint density at radius 3 is 2.57 bits per heavy atom. The summed E-state index contributed by atoms with van der Waals surface area (Å²) in [5.74, 6) is 0.515. The normalized spacial score (nSPS) is 15.4. The van der Waals surface area contributed by atoms with Crippen molar-refractivity contribution in [2.75, 3.05) is 29.9 Å². The lowest BCUT2D eigenvalue weighted by Crippen LogP contribution is -2.35. The highest BCUT2D eigenvalue weighted by atomic mass is 16.6. The number of hydrogen-bond donors (Lipinski definition) is 1. The smallest absolute Gasteiger partial charge is 0.310 e. The molecule has 7 nitrogen and oxygen atoms in total. The molecule has 0 atom stereocenters. The van der Waals surface area contributed by atoms with E-state index in [1.807, 2.05) is 24.5 Å². The van der Waals surface area contributed by atoms with E-state index in [0.717, 1.165) is 32.5 Å². The lowest BCUT2D eigenvalue weighted by molar-refractivity contribution is -0.384. The second kappa shape index (κ2) is 7.04. The first-order chi connectivity index (χ1) is 11.2. The Labute approximate surface area is 134 Å². The van der Waals surface area contributed by atoms with Crippen LogP contribution in [0.4, 0.5) is 17.1 Å². The van der Waals surface area contributed by atoms with Crippen molar-refractivity contribution in [1.29, 1.82) is 0 Å². The standard InChI is InChI=1S/C16H19N5O2/c22-21(23)16-12-18-8-3-15(16)19-11-13-4-9-20(10-5-13)14-1-6-17-7-2-14/h1-3,6-8,12-13H,4-5,9-11H2,(H,18,19). The quantitative estimate of drug-likeness (QED) is 0.675. The minimum atomic E-state index is -0.401. The van der Waals surface area contributed by atoms with Crippen LogP contribution in [0.25, 0.3) is 0 Å². The Hall–Kier alpha value is -2.70. The van der Waals surface area contributed by atoms with Crippen LogP contribution in [0.1, 0.15) is 12.8 Å². The maximum atomic E-state index is 11.0. The van der Waals surface area contributed by atoms with Crippen LogP contribution in [0.5, 0.6) is 0 Å². The number of aromatic nitrogens is 2. The number of nitro groups is 1. The lowest BCUT2D eigenvalue weighted by atomic mass is 9.96. The van der Waals surface area contributed by atoms with E-state index in [2.05, 4.69) is 20.2 Å². The van der Waals surface area contributed by atoms with Gasteiger partial charge in [-0.05, 0) is 37.0 Å². The lowest BCUT2D eigenvalue weighted by Gasteiger charge is -2.33. The predicted molar refractivity (Wildman–Crippen MR) is 88.6 cm³/mol. The molecule has 0 amide bonds. The largest absolute Gasteiger partial charge is 0.379 e. The minimum absolute atomic E-state index is 0.0294. The average Bonchev–Trinajstić information content (AvgIpc) is 2.61. The van der Waals surface area contributed by atoms with Crippen molar-refractivity contribution in [2.45, 2.75) is 12.8 Å². The van der Waals surface area contributed by atoms with Crippen molar-refractivity contribution in [1.82, 2.24) is 9.97 Å². The van der Waals surface area contributed by atoms with E-state index >= 15 is 0 Å². The first-order valence-electron chi connectivity index (χ1n) is 7.71. The Balaban J connectivity index is 1.53. The highest BCUT2D eigenvalue weighted by Crippen LogP contribution is 2.25. The summed E-state index contributed by atoms with van der Waals surface area (Å²) in [5.41, 5.74) is 1.78. The molecule has 0 saturated carbocycles. The van der Waals surface area contributed by atoms with Crippen molar-refractivity contribution in [2.24, 2.45) is 5.92 Å². The first-order valence-corrected chi connectivity index (χ1v) is 7.71. The van der Waals surface area contributed by atoms with Gasteiger partial charge in [0.05, 0.1) is 4.92 Å². The maximum Gasteiger partial charge on any atom is 0.310 e. The van der Waals surface area contributed by atoms with Crippen LogP contribution in [0.2, 0.25) is 0 Å². The summed E-state index contributed by atoms with van der Waals surface area (Å²) >= 11 is 0. The van der Waals surface area contributed by atoms with Gasteiger partial charge in [-0.1, -0.05) is 0 Å². The molecule has 0 radical (unpaired) electrons. The van der Waals surface area contributed by atoms with E-state index in [1.54, 1.807) is 12.3 Å². The van der Waals surface area contributed by atoms with Gasteiger partial charge < -0.3 is 10.2 Å². The average molecular weight is 313 g/mol. The van der Waals surface area contributed by atoms with Crippen molar-refractivity contribution in [3.8, 4) is 0 Å². The van der Waals surface area contributed by atoms with Crippen LogP contribution in [0, 0.1) is 16.0 Å². The fraction of sp³-hybridized carbons (Fsp3) is 0.375. The van der Waals surface area contributed by atoms with Gasteiger partial charge in [-0.15, -0.1) is 0 Å². The summed E-state index contributed by atoms with van der Waals surface area (Å²) in [4.78, 5) is 20.8. The Bertz CT molecular complexity index is 657. The summed E-state index contributed by atoms with van der Waals surface area (Å²) in [6.07, 6.45) is 8.61. The van der Waals surface area contributed by atoms with Gasteiger partial charge in [-0.3, -0.25) is 20.1 Å². The molecule has 2 aromatic rings. The predicted octanol–water partition coefficient (Wildman–Crippen LogP) is 2.71. The molecule has 0 aliphatic carbocycles. The summed E-state index contributed by atoms with van der Waals surface area (Å²) in [6.45, 7) is 2.73. The molecule has 3 rings (SSSR count). The molecular formula is C16H19N5O2. The molecule has 1 fully saturated rings. The number of anilines is 2. The minimum Gasteiger partial charge on any atom is -0.379 e. The molecule has 1 aliphatic rings. The summed E-state index contributed by atoms with van der Waals surface area (Å²) < 4.78 is 0.